The van der Waals surface area contributed by atoms with E-state index in [0.717, 1.165) is 0 Å². The Hall–Kier alpha value is -1.41. The van der Waals surface area contributed by atoms with Gasteiger partial charge in [0.15, 0.2) is 0 Å². The summed E-state index contributed by atoms with van der Waals surface area (Å²) in [6.45, 7) is -0.540. The van der Waals surface area contributed by atoms with Gasteiger partial charge < -0.3 is 5.32 Å². The summed E-state index contributed by atoms with van der Waals surface area (Å²) in [5.74, 6) is -3.48. The molecule has 0 radical (unpaired) electrons. The van der Waals surface area contributed by atoms with Gasteiger partial charge in [-0.05, 0) is 24.1 Å². The van der Waals surface area contributed by atoms with Gasteiger partial charge in [-0.15, -0.1) is 12.4 Å². The zero-order chi connectivity index (χ0) is 16.4. The number of halogens is 6. The summed E-state index contributed by atoms with van der Waals surface area (Å²) in [6.07, 6.45) is -5.84. The first kappa shape index (κ1) is 19.6. The van der Waals surface area contributed by atoms with Crippen LogP contribution in [0.1, 0.15) is 18.4 Å². The van der Waals surface area contributed by atoms with Crippen molar-refractivity contribution in [2.45, 2.75) is 37.4 Å². The highest BCUT2D eigenvalue weighted by Crippen LogP contribution is 2.26. The van der Waals surface area contributed by atoms with E-state index in [-0.39, 0.29) is 18.8 Å². The lowest BCUT2D eigenvalue weighted by Crippen LogP contribution is -2.35. The number of benzene rings is 1. The van der Waals surface area contributed by atoms with Crippen LogP contribution in [0.5, 0.6) is 0 Å². The van der Waals surface area contributed by atoms with Crippen molar-refractivity contribution in [2.24, 2.45) is 0 Å². The average Bonchev–Trinajstić information content (AvgIpc) is 2.77. The lowest BCUT2D eigenvalue weighted by atomic mass is 10.1. The number of anilines is 1. The van der Waals surface area contributed by atoms with Crippen LogP contribution < -0.4 is 10.6 Å². The Bertz CT molecular complexity index is 533. The number of amides is 1. The third-order valence-corrected chi connectivity index (χ3v) is 3.34. The molecule has 1 aromatic rings. The van der Waals surface area contributed by atoms with Crippen LogP contribution in [-0.2, 0) is 11.2 Å². The van der Waals surface area contributed by atoms with Crippen LogP contribution in [0.4, 0.5) is 27.6 Å². The van der Waals surface area contributed by atoms with Gasteiger partial charge in [-0.2, -0.15) is 13.2 Å². The maximum atomic E-state index is 13.0. The Labute approximate surface area is 136 Å². The summed E-state index contributed by atoms with van der Waals surface area (Å²) in [4.78, 5) is 11.8. The minimum atomic E-state index is -4.22. The van der Waals surface area contributed by atoms with Crippen molar-refractivity contribution in [3.05, 3.63) is 29.8 Å². The number of nitrogens with one attached hydrogen (secondary N) is 2. The normalized spacial score (nSPS) is 20.0. The van der Waals surface area contributed by atoms with Crippen LogP contribution in [-0.4, -0.2) is 30.6 Å². The number of hydrogen-bond donors (Lipinski definition) is 2. The van der Waals surface area contributed by atoms with Crippen molar-refractivity contribution in [3.63, 3.8) is 0 Å². The molecule has 0 aliphatic carbocycles. The van der Waals surface area contributed by atoms with Crippen molar-refractivity contribution in [1.82, 2.24) is 5.32 Å². The van der Waals surface area contributed by atoms with Crippen LogP contribution in [0.25, 0.3) is 0 Å². The second-order valence-electron chi connectivity index (χ2n) is 5.29. The lowest BCUT2D eigenvalue weighted by molar-refractivity contribution is -0.134. The topological polar surface area (TPSA) is 41.1 Å². The van der Waals surface area contributed by atoms with Crippen molar-refractivity contribution in [1.29, 1.82) is 0 Å². The zero-order valence-corrected chi connectivity index (χ0v) is 12.7. The summed E-state index contributed by atoms with van der Waals surface area (Å²) in [6, 6.07) is 4.88. The van der Waals surface area contributed by atoms with Gasteiger partial charge in [-0.1, -0.05) is 12.1 Å². The summed E-state index contributed by atoms with van der Waals surface area (Å²) in [5, 5.41) is 4.89. The van der Waals surface area contributed by atoms with Gasteiger partial charge in [0.05, 0.1) is 12.6 Å². The molecule has 1 saturated heterocycles. The summed E-state index contributed by atoms with van der Waals surface area (Å²) < 4.78 is 62.3. The summed E-state index contributed by atoms with van der Waals surface area (Å²) >= 11 is 0. The fraction of sp³-hybridized carbons (Fsp3) is 0.500. The standard InChI is InChI=1S/C14H15F5N2O.ClH/c15-13(16)7-11(20-8-13)12(22)21-10-3-1-9(2-4-10)5-6-14(17,18)19;/h1-4,11,20H,5-8H2,(H,21,22);1H. The predicted molar refractivity (Wildman–Crippen MR) is 78.1 cm³/mol. The van der Waals surface area contributed by atoms with Gasteiger partial charge in [0.25, 0.3) is 5.92 Å². The zero-order valence-electron chi connectivity index (χ0n) is 11.9. The number of carbonyl (C=O) groups excluding carboxylic acids is 1. The Morgan fingerprint density at radius 1 is 1.26 bits per heavy atom. The van der Waals surface area contributed by atoms with Crippen LogP contribution in [0.2, 0.25) is 0 Å². The van der Waals surface area contributed by atoms with Gasteiger partial charge in [-0.25, -0.2) is 8.78 Å². The van der Waals surface area contributed by atoms with E-state index in [4.69, 9.17) is 0 Å². The fourth-order valence-corrected chi connectivity index (χ4v) is 2.17. The van der Waals surface area contributed by atoms with E-state index in [1.165, 1.54) is 24.3 Å². The van der Waals surface area contributed by atoms with Gasteiger partial charge >= 0.3 is 6.18 Å². The highest BCUT2D eigenvalue weighted by molar-refractivity contribution is 5.95. The molecule has 1 aliphatic heterocycles. The minimum Gasteiger partial charge on any atom is -0.325 e. The third-order valence-electron chi connectivity index (χ3n) is 3.34. The first-order valence-electron chi connectivity index (χ1n) is 6.72. The molecule has 3 nitrogen and oxygen atoms in total. The molecule has 130 valence electrons. The Morgan fingerprint density at radius 3 is 2.35 bits per heavy atom. The van der Waals surface area contributed by atoms with Crippen LogP contribution in [0.3, 0.4) is 0 Å². The molecule has 1 heterocycles. The first-order valence-corrected chi connectivity index (χ1v) is 6.72. The van der Waals surface area contributed by atoms with E-state index in [1.54, 1.807) is 0 Å². The summed E-state index contributed by atoms with van der Waals surface area (Å²) in [7, 11) is 0. The Morgan fingerprint density at radius 2 is 1.87 bits per heavy atom. The molecule has 1 amide bonds. The number of aryl methyl sites for hydroxylation is 1. The molecule has 0 spiro atoms. The number of hydrogen-bond acceptors (Lipinski definition) is 2. The minimum absolute atomic E-state index is 0. The Balaban J connectivity index is 0.00000264. The van der Waals surface area contributed by atoms with E-state index in [2.05, 4.69) is 10.6 Å². The second kappa shape index (κ2) is 7.44. The molecular weight excluding hydrogens is 343 g/mol. The van der Waals surface area contributed by atoms with Crippen LogP contribution in [0, 0.1) is 0 Å². The predicted octanol–water partition coefficient (Wildman–Crippen LogP) is 3.54. The monoisotopic (exact) mass is 358 g/mol. The number of rotatable bonds is 4. The van der Waals surface area contributed by atoms with Crippen molar-refractivity contribution in [2.75, 3.05) is 11.9 Å². The molecule has 9 heteroatoms. The molecule has 23 heavy (non-hydrogen) atoms. The van der Waals surface area contributed by atoms with Crippen molar-refractivity contribution in [3.8, 4) is 0 Å². The van der Waals surface area contributed by atoms with E-state index in [1.807, 2.05) is 0 Å². The number of carbonyl (C=O) groups is 1. The number of alkyl halides is 5. The lowest BCUT2D eigenvalue weighted by Gasteiger charge is -2.12. The molecule has 1 unspecified atom stereocenters. The molecule has 0 aromatic heterocycles. The maximum Gasteiger partial charge on any atom is 0.389 e. The molecule has 1 atom stereocenters. The van der Waals surface area contributed by atoms with E-state index in [9.17, 15) is 26.7 Å². The van der Waals surface area contributed by atoms with Gasteiger partial charge in [0.1, 0.15) is 0 Å². The Kier molecular flexibility index (Phi) is 6.35. The second-order valence-corrected chi connectivity index (χ2v) is 5.29. The van der Waals surface area contributed by atoms with E-state index >= 15 is 0 Å². The highest BCUT2D eigenvalue weighted by Gasteiger charge is 2.42. The molecule has 0 bridgehead atoms. The van der Waals surface area contributed by atoms with E-state index in [0.29, 0.717) is 11.3 Å². The molecule has 0 saturated carbocycles. The van der Waals surface area contributed by atoms with Gasteiger partial charge in [0, 0.05) is 18.5 Å². The molecule has 2 rings (SSSR count). The first-order chi connectivity index (χ1) is 10.1. The highest BCUT2D eigenvalue weighted by atomic mass is 35.5. The molecule has 1 aromatic carbocycles. The third kappa shape index (κ3) is 6.31. The largest absolute Gasteiger partial charge is 0.389 e. The summed E-state index contributed by atoms with van der Waals surface area (Å²) in [5.41, 5.74) is 0.846. The maximum absolute atomic E-state index is 13.0. The van der Waals surface area contributed by atoms with Crippen LogP contribution in [0.15, 0.2) is 24.3 Å². The van der Waals surface area contributed by atoms with Crippen molar-refractivity contribution >= 4 is 24.0 Å². The molecule has 1 aliphatic rings. The van der Waals surface area contributed by atoms with Crippen LogP contribution >= 0.6 is 12.4 Å². The molecule has 1 fully saturated rings. The van der Waals surface area contributed by atoms with Gasteiger partial charge in [0.2, 0.25) is 5.91 Å². The van der Waals surface area contributed by atoms with Crippen molar-refractivity contribution < 1.29 is 26.7 Å². The average molecular weight is 359 g/mol. The molecular formula is C14H16ClF5N2O. The van der Waals surface area contributed by atoms with E-state index < -0.39 is 43.4 Å². The van der Waals surface area contributed by atoms with Gasteiger partial charge in [-0.3, -0.25) is 10.1 Å². The molecule has 2 N–H and O–H groups in total. The SMILES string of the molecule is Cl.O=C(Nc1ccc(CCC(F)(F)F)cc1)C1CC(F)(F)CN1. The fourth-order valence-electron chi connectivity index (χ4n) is 2.17. The smallest absolute Gasteiger partial charge is 0.325 e. The quantitative estimate of drug-likeness (QED) is 0.808.